The number of ether oxygens (including phenoxy) is 1. The third-order valence-corrected chi connectivity index (χ3v) is 5.95. The topological polar surface area (TPSA) is 55.4 Å². The van der Waals surface area contributed by atoms with Crippen molar-refractivity contribution in [2.75, 3.05) is 11.9 Å². The van der Waals surface area contributed by atoms with Gasteiger partial charge in [-0.25, -0.2) is 4.79 Å². The van der Waals surface area contributed by atoms with E-state index in [-0.39, 0.29) is 12.5 Å². The van der Waals surface area contributed by atoms with Crippen molar-refractivity contribution in [3.05, 3.63) is 50.2 Å². The zero-order valence-electron chi connectivity index (χ0n) is 15.8. The van der Waals surface area contributed by atoms with Gasteiger partial charge in [-0.3, -0.25) is 4.79 Å². The molecule has 1 N–H and O–H groups in total. The number of thiophene rings is 1. The molecule has 1 atom stereocenters. The van der Waals surface area contributed by atoms with Crippen LogP contribution in [-0.2, 0) is 22.4 Å². The second-order valence-corrected chi connectivity index (χ2v) is 8.26. The van der Waals surface area contributed by atoms with Gasteiger partial charge in [-0.05, 0) is 62.6 Å². The van der Waals surface area contributed by atoms with Gasteiger partial charge in [0.2, 0.25) is 0 Å². The van der Waals surface area contributed by atoms with Crippen molar-refractivity contribution in [1.82, 2.24) is 0 Å². The Morgan fingerprint density at radius 2 is 1.92 bits per heavy atom. The smallest absolute Gasteiger partial charge is 0.339 e. The second-order valence-electron chi connectivity index (χ2n) is 7.30. The summed E-state index contributed by atoms with van der Waals surface area (Å²) in [6, 6.07) is 4.04. The number of carbonyl (C=O) groups is 2. The number of carbonyl (C=O) groups excluding carboxylic acids is 2. The van der Waals surface area contributed by atoms with Crippen molar-refractivity contribution in [2.45, 2.75) is 47.0 Å². The SMILES string of the molecule is Cc1cc(C)c(NC(=O)COC(=O)c2csc3c2CC[C@@H](C)C3)c(C)c1. The molecule has 0 aliphatic heterocycles. The maximum atomic E-state index is 12.4. The lowest BCUT2D eigenvalue weighted by molar-refractivity contribution is -0.119. The lowest BCUT2D eigenvalue weighted by atomic mass is 9.88. The number of esters is 1. The second kappa shape index (κ2) is 7.62. The first kappa shape index (κ1) is 18.6. The molecule has 0 radical (unpaired) electrons. The Labute approximate surface area is 158 Å². The fourth-order valence-electron chi connectivity index (χ4n) is 3.61. The number of nitrogens with one attached hydrogen (secondary N) is 1. The molecule has 5 heteroatoms. The standard InChI is InChI=1S/C21H25NO3S/c1-12-5-6-16-17(11-26-18(16)9-12)21(24)25-10-19(23)22-20-14(3)7-13(2)8-15(20)4/h7-8,11-12H,5-6,9-10H2,1-4H3,(H,22,23)/t12-/m1/s1. The van der Waals surface area contributed by atoms with E-state index in [9.17, 15) is 9.59 Å². The molecule has 1 aliphatic rings. The van der Waals surface area contributed by atoms with Gasteiger partial charge < -0.3 is 10.1 Å². The highest BCUT2D eigenvalue weighted by Crippen LogP contribution is 2.33. The van der Waals surface area contributed by atoms with Crippen molar-refractivity contribution in [3.63, 3.8) is 0 Å². The van der Waals surface area contributed by atoms with Crippen LogP contribution in [-0.4, -0.2) is 18.5 Å². The molecular formula is C21H25NO3S. The number of anilines is 1. The fraction of sp³-hybridized carbons (Fsp3) is 0.429. The minimum atomic E-state index is -0.399. The van der Waals surface area contributed by atoms with Crippen LogP contribution in [0.4, 0.5) is 5.69 Å². The van der Waals surface area contributed by atoms with Crippen LogP contribution < -0.4 is 5.32 Å². The Morgan fingerprint density at radius 1 is 1.23 bits per heavy atom. The highest BCUT2D eigenvalue weighted by atomic mass is 32.1. The first-order chi connectivity index (χ1) is 12.3. The minimum absolute atomic E-state index is 0.271. The van der Waals surface area contributed by atoms with Gasteiger partial charge in [0.1, 0.15) is 0 Å². The number of hydrogen-bond acceptors (Lipinski definition) is 4. The summed E-state index contributed by atoms with van der Waals surface area (Å²) < 4.78 is 5.27. The van der Waals surface area contributed by atoms with E-state index < -0.39 is 5.97 Å². The molecule has 1 aliphatic carbocycles. The Balaban J connectivity index is 1.61. The summed E-state index contributed by atoms with van der Waals surface area (Å²) in [6.45, 7) is 7.91. The predicted octanol–water partition coefficient (Wildman–Crippen LogP) is 4.59. The van der Waals surface area contributed by atoms with Crippen LogP contribution in [0.1, 0.15) is 50.8 Å². The molecule has 0 unspecified atom stereocenters. The molecule has 0 bridgehead atoms. The first-order valence-corrected chi connectivity index (χ1v) is 9.87. The number of aryl methyl sites for hydroxylation is 3. The first-order valence-electron chi connectivity index (χ1n) is 8.99. The van der Waals surface area contributed by atoms with Gasteiger partial charge >= 0.3 is 5.97 Å². The summed E-state index contributed by atoms with van der Waals surface area (Å²) in [4.78, 5) is 25.9. The van der Waals surface area contributed by atoms with Crippen LogP contribution in [0.25, 0.3) is 0 Å². The van der Waals surface area contributed by atoms with Crippen LogP contribution in [0.2, 0.25) is 0 Å². The molecule has 2 aromatic rings. The normalized spacial score (nSPS) is 16.1. The molecule has 0 saturated carbocycles. The number of hydrogen-bond donors (Lipinski definition) is 1. The van der Waals surface area contributed by atoms with Gasteiger partial charge in [-0.2, -0.15) is 0 Å². The summed E-state index contributed by atoms with van der Waals surface area (Å²) in [5.74, 6) is -0.0486. The van der Waals surface area contributed by atoms with Gasteiger partial charge in [0.15, 0.2) is 6.61 Å². The summed E-state index contributed by atoms with van der Waals surface area (Å²) in [6.07, 6.45) is 3.04. The van der Waals surface area contributed by atoms with Crippen LogP contribution in [0.5, 0.6) is 0 Å². The van der Waals surface area contributed by atoms with Crippen LogP contribution in [0, 0.1) is 26.7 Å². The average Bonchev–Trinajstić information content (AvgIpc) is 2.99. The summed E-state index contributed by atoms with van der Waals surface area (Å²) in [7, 11) is 0. The van der Waals surface area contributed by atoms with Crippen molar-refractivity contribution in [1.29, 1.82) is 0 Å². The van der Waals surface area contributed by atoms with Crippen molar-refractivity contribution >= 4 is 28.9 Å². The van der Waals surface area contributed by atoms with E-state index in [1.54, 1.807) is 11.3 Å². The maximum Gasteiger partial charge on any atom is 0.339 e. The van der Waals surface area contributed by atoms with Gasteiger partial charge in [0.25, 0.3) is 5.91 Å². The molecule has 1 aromatic heterocycles. The summed E-state index contributed by atoms with van der Waals surface area (Å²) in [5, 5.41) is 4.73. The Bertz CT molecular complexity index is 830. The molecule has 1 heterocycles. The highest BCUT2D eigenvalue weighted by Gasteiger charge is 2.24. The van der Waals surface area contributed by atoms with E-state index in [1.807, 2.05) is 38.3 Å². The third-order valence-electron chi connectivity index (χ3n) is 4.90. The Hall–Kier alpha value is -2.14. The molecule has 138 valence electrons. The maximum absolute atomic E-state index is 12.4. The van der Waals surface area contributed by atoms with Gasteiger partial charge in [-0.15, -0.1) is 11.3 Å². The van der Waals surface area contributed by atoms with Gasteiger partial charge in [0, 0.05) is 15.9 Å². The van der Waals surface area contributed by atoms with Crippen LogP contribution >= 0.6 is 11.3 Å². The number of benzene rings is 1. The van der Waals surface area contributed by atoms with E-state index in [0.29, 0.717) is 11.5 Å². The Morgan fingerprint density at radius 3 is 2.62 bits per heavy atom. The molecule has 26 heavy (non-hydrogen) atoms. The molecule has 0 fully saturated rings. The molecule has 1 aromatic carbocycles. The molecular weight excluding hydrogens is 346 g/mol. The highest BCUT2D eigenvalue weighted by molar-refractivity contribution is 7.10. The van der Waals surface area contributed by atoms with Crippen molar-refractivity contribution in [2.24, 2.45) is 5.92 Å². The summed E-state index contributed by atoms with van der Waals surface area (Å²) >= 11 is 1.62. The lowest BCUT2D eigenvalue weighted by Gasteiger charge is -2.18. The third kappa shape index (κ3) is 3.98. The predicted molar refractivity (Wildman–Crippen MR) is 105 cm³/mol. The largest absolute Gasteiger partial charge is 0.452 e. The number of fused-ring (bicyclic) bond motifs is 1. The Kier molecular flexibility index (Phi) is 5.47. The van der Waals surface area contributed by atoms with E-state index in [2.05, 4.69) is 12.2 Å². The average molecular weight is 372 g/mol. The number of rotatable bonds is 4. The van der Waals surface area contributed by atoms with Gasteiger partial charge in [-0.1, -0.05) is 24.6 Å². The molecule has 4 nitrogen and oxygen atoms in total. The van der Waals surface area contributed by atoms with Gasteiger partial charge in [0.05, 0.1) is 5.56 Å². The van der Waals surface area contributed by atoms with E-state index >= 15 is 0 Å². The molecule has 3 rings (SSSR count). The van der Waals surface area contributed by atoms with Crippen molar-refractivity contribution < 1.29 is 14.3 Å². The lowest BCUT2D eigenvalue weighted by Crippen LogP contribution is -2.22. The summed E-state index contributed by atoms with van der Waals surface area (Å²) in [5.41, 5.74) is 5.70. The molecule has 0 saturated heterocycles. The zero-order valence-corrected chi connectivity index (χ0v) is 16.6. The van der Waals surface area contributed by atoms with Crippen LogP contribution in [0.3, 0.4) is 0 Å². The zero-order chi connectivity index (χ0) is 18.8. The van der Waals surface area contributed by atoms with E-state index in [1.165, 1.54) is 4.88 Å². The van der Waals surface area contributed by atoms with Crippen molar-refractivity contribution in [3.8, 4) is 0 Å². The quantitative estimate of drug-likeness (QED) is 0.800. The molecule has 1 amide bonds. The van der Waals surface area contributed by atoms with E-state index in [0.717, 1.165) is 47.2 Å². The van der Waals surface area contributed by atoms with E-state index in [4.69, 9.17) is 4.74 Å². The minimum Gasteiger partial charge on any atom is -0.452 e. The fourth-order valence-corrected chi connectivity index (χ4v) is 4.84. The molecule has 0 spiro atoms. The monoisotopic (exact) mass is 371 g/mol. The van der Waals surface area contributed by atoms with Crippen LogP contribution in [0.15, 0.2) is 17.5 Å². The number of amides is 1.